The zero-order valence-corrected chi connectivity index (χ0v) is 22.6. The van der Waals surface area contributed by atoms with Gasteiger partial charge in [0.15, 0.2) is 0 Å². The zero-order valence-electron chi connectivity index (χ0n) is 21.7. The molecule has 0 aromatic heterocycles. The van der Waals surface area contributed by atoms with Crippen molar-refractivity contribution in [3.63, 3.8) is 0 Å². The highest BCUT2D eigenvalue weighted by atomic mass is 32.2. The molecule has 5 atom stereocenters. The smallest absolute Gasteiger partial charge is 0.416 e. The van der Waals surface area contributed by atoms with Gasteiger partial charge in [0.1, 0.15) is 17.8 Å². The third-order valence-electron chi connectivity index (χ3n) is 6.65. The average Bonchev–Trinajstić information content (AvgIpc) is 3.49. The number of primary amides is 2. The SMILES string of the molecule is CC(C)(C)OC(N)=O.NC(=O)C1CC(F)CN1C(=O)SC1CC2CCC1N2C(=O)c1ccc(C(F)(F)F)cc1. The van der Waals surface area contributed by atoms with E-state index in [1.54, 1.807) is 25.7 Å². The fourth-order valence-electron chi connectivity index (χ4n) is 5.08. The molecule has 1 aromatic rings. The first-order valence-corrected chi connectivity index (χ1v) is 13.2. The molecule has 4 amide bonds. The van der Waals surface area contributed by atoms with Gasteiger partial charge in [-0.3, -0.25) is 14.4 Å². The number of fused-ring (bicyclic) bond motifs is 2. The molecule has 39 heavy (non-hydrogen) atoms. The summed E-state index contributed by atoms with van der Waals surface area (Å²) in [6.45, 7) is 5.10. The number of benzene rings is 1. The second-order valence-electron chi connectivity index (χ2n) is 10.7. The van der Waals surface area contributed by atoms with Crippen LogP contribution in [-0.2, 0) is 15.7 Å². The van der Waals surface area contributed by atoms with Crippen molar-refractivity contribution in [1.29, 1.82) is 0 Å². The lowest BCUT2D eigenvalue weighted by Gasteiger charge is -2.26. The van der Waals surface area contributed by atoms with Crippen LogP contribution >= 0.6 is 11.8 Å². The molecule has 14 heteroatoms. The summed E-state index contributed by atoms with van der Waals surface area (Å²) in [5, 5.41) is -0.666. The van der Waals surface area contributed by atoms with Gasteiger partial charge in [0.25, 0.3) is 11.1 Å². The van der Waals surface area contributed by atoms with Gasteiger partial charge in [-0.1, -0.05) is 11.8 Å². The van der Waals surface area contributed by atoms with Crippen LogP contribution in [0.3, 0.4) is 0 Å². The van der Waals surface area contributed by atoms with Crippen LogP contribution < -0.4 is 11.5 Å². The van der Waals surface area contributed by atoms with Gasteiger partial charge in [-0.2, -0.15) is 13.2 Å². The molecule has 0 saturated carbocycles. The highest BCUT2D eigenvalue weighted by Gasteiger charge is 2.51. The number of amides is 4. The van der Waals surface area contributed by atoms with Gasteiger partial charge in [0.2, 0.25) is 5.91 Å². The summed E-state index contributed by atoms with van der Waals surface area (Å²) < 4.78 is 56.6. The minimum Gasteiger partial charge on any atom is -0.444 e. The van der Waals surface area contributed by atoms with Crippen LogP contribution in [0.15, 0.2) is 24.3 Å². The standard InChI is InChI=1S/C20H21F4N3O3S.C5H11NO2/c21-12-7-15(17(25)28)26(9-12)19(30)31-16-8-13-5-6-14(16)27(13)18(29)10-1-3-11(4-2-10)20(22,23)24;1-5(2,3)8-4(6)7/h1-4,12-16H,5-9H2,(H2,25,28);1-3H3,(H2,6,7). The molecule has 1 aromatic carbocycles. The Balaban J connectivity index is 0.000000459. The van der Waals surface area contributed by atoms with Crippen molar-refractivity contribution in [1.82, 2.24) is 9.80 Å². The number of carbonyl (C=O) groups is 4. The molecule has 3 fully saturated rings. The van der Waals surface area contributed by atoms with E-state index in [0.717, 1.165) is 35.2 Å². The van der Waals surface area contributed by atoms with Crippen molar-refractivity contribution >= 4 is 34.9 Å². The van der Waals surface area contributed by atoms with Crippen LogP contribution in [0.2, 0.25) is 0 Å². The van der Waals surface area contributed by atoms with Gasteiger partial charge in [0.05, 0.1) is 12.1 Å². The van der Waals surface area contributed by atoms with Gasteiger partial charge in [0, 0.05) is 29.3 Å². The minimum atomic E-state index is -4.48. The van der Waals surface area contributed by atoms with Crippen molar-refractivity contribution in [2.24, 2.45) is 11.5 Å². The molecule has 3 saturated heterocycles. The van der Waals surface area contributed by atoms with E-state index in [0.29, 0.717) is 12.8 Å². The van der Waals surface area contributed by atoms with Gasteiger partial charge in [-0.25, -0.2) is 9.18 Å². The number of alkyl halides is 4. The summed E-state index contributed by atoms with van der Waals surface area (Å²) in [4.78, 5) is 50.1. The molecule has 4 N–H and O–H groups in total. The summed E-state index contributed by atoms with van der Waals surface area (Å²) in [5.74, 6) is -1.11. The van der Waals surface area contributed by atoms with Gasteiger partial charge in [-0.15, -0.1) is 0 Å². The fraction of sp³-hybridized carbons (Fsp3) is 0.600. The Labute approximate surface area is 227 Å². The predicted octanol–water partition coefficient (Wildman–Crippen LogP) is 4.08. The summed E-state index contributed by atoms with van der Waals surface area (Å²) in [7, 11) is 0. The van der Waals surface area contributed by atoms with Crippen LogP contribution in [0.1, 0.15) is 62.4 Å². The second kappa shape index (κ2) is 11.6. The van der Waals surface area contributed by atoms with E-state index in [9.17, 15) is 36.7 Å². The van der Waals surface area contributed by atoms with Crippen molar-refractivity contribution in [2.75, 3.05) is 6.54 Å². The Morgan fingerprint density at radius 1 is 1.00 bits per heavy atom. The Hall–Kier alpha value is -3.03. The number of nitrogens with zero attached hydrogens (tertiary/aromatic N) is 2. The summed E-state index contributed by atoms with van der Waals surface area (Å²) in [5.41, 5.74) is 8.89. The van der Waals surface area contributed by atoms with Gasteiger partial charge in [-0.05, 0) is 64.3 Å². The van der Waals surface area contributed by atoms with Crippen molar-refractivity contribution in [3.05, 3.63) is 35.4 Å². The molecule has 4 rings (SSSR count). The highest BCUT2D eigenvalue weighted by molar-refractivity contribution is 8.14. The van der Waals surface area contributed by atoms with E-state index < -0.39 is 46.8 Å². The number of nitrogens with two attached hydrogens (primary N) is 2. The first-order chi connectivity index (χ1) is 18.0. The summed E-state index contributed by atoms with van der Waals surface area (Å²) >= 11 is 0.983. The van der Waals surface area contributed by atoms with E-state index in [1.165, 1.54) is 12.1 Å². The molecule has 3 aliphatic rings. The normalized spacial score (nSPS) is 26.2. The maximum absolute atomic E-state index is 13.7. The van der Waals surface area contributed by atoms with Crippen LogP contribution in [0.25, 0.3) is 0 Å². The summed E-state index contributed by atoms with van der Waals surface area (Å²) in [6, 6.07) is 2.77. The molecular formula is C25H32F4N4O5S. The first-order valence-electron chi connectivity index (χ1n) is 12.4. The van der Waals surface area contributed by atoms with Gasteiger partial charge < -0.3 is 26.0 Å². The molecule has 5 unspecified atom stereocenters. The monoisotopic (exact) mass is 576 g/mol. The zero-order chi connectivity index (χ0) is 29.3. The number of thioether (sulfide) groups is 1. The van der Waals surface area contributed by atoms with Crippen LogP contribution in [0.5, 0.6) is 0 Å². The van der Waals surface area contributed by atoms with Crippen LogP contribution in [-0.4, -0.2) is 74.6 Å². The third-order valence-corrected chi connectivity index (χ3v) is 7.89. The van der Waals surface area contributed by atoms with Crippen molar-refractivity contribution in [2.45, 2.75) is 87.8 Å². The van der Waals surface area contributed by atoms with Crippen molar-refractivity contribution in [3.8, 4) is 0 Å². The Morgan fingerprint density at radius 3 is 2.10 bits per heavy atom. The van der Waals surface area contributed by atoms with E-state index >= 15 is 0 Å². The third kappa shape index (κ3) is 7.55. The number of rotatable bonds is 3. The predicted molar refractivity (Wildman–Crippen MR) is 135 cm³/mol. The fourth-order valence-corrected chi connectivity index (χ4v) is 6.42. The maximum atomic E-state index is 13.7. The molecule has 2 bridgehead atoms. The lowest BCUT2D eigenvalue weighted by atomic mass is 10.0. The Morgan fingerprint density at radius 2 is 1.62 bits per heavy atom. The average molecular weight is 577 g/mol. The second-order valence-corrected chi connectivity index (χ2v) is 11.9. The quantitative estimate of drug-likeness (QED) is 0.521. The molecule has 3 aliphatic heterocycles. The van der Waals surface area contributed by atoms with E-state index in [1.807, 2.05) is 0 Å². The van der Waals surface area contributed by atoms with E-state index in [-0.39, 0.29) is 41.8 Å². The molecular weight excluding hydrogens is 544 g/mol. The lowest BCUT2D eigenvalue weighted by molar-refractivity contribution is -0.137. The number of ether oxygens (including phenoxy) is 1. The first kappa shape index (κ1) is 30.5. The Kier molecular flexibility index (Phi) is 9.08. The van der Waals surface area contributed by atoms with E-state index in [2.05, 4.69) is 4.74 Å². The molecule has 0 aliphatic carbocycles. The number of hydrogen-bond acceptors (Lipinski definition) is 6. The number of hydrogen-bond donors (Lipinski definition) is 2. The Bertz CT molecular complexity index is 1100. The number of halogens is 4. The largest absolute Gasteiger partial charge is 0.444 e. The summed E-state index contributed by atoms with van der Waals surface area (Å²) in [6.07, 6.45) is -4.64. The molecule has 9 nitrogen and oxygen atoms in total. The number of likely N-dealkylation sites (tertiary alicyclic amines) is 1. The van der Waals surface area contributed by atoms with Crippen LogP contribution in [0, 0.1) is 0 Å². The van der Waals surface area contributed by atoms with Crippen molar-refractivity contribution < 1.29 is 41.5 Å². The maximum Gasteiger partial charge on any atom is 0.416 e. The number of carbonyl (C=O) groups excluding carboxylic acids is 4. The minimum absolute atomic E-state index is 0.107. The lowest BCUT2D eigenvalue weighted by Crippen LogP contribution is -2.43. The topological polar surface area (TPSA) is 136 Å². The molecule has 3 heterocycles. The highest BCUT2D eigenvalue weighted by Crippen LogP contribution is 2.45. The van der Waals surface area contributed by atoms with E-state index in [4.69, 9.17) is 11.5 Å². The molecule has 216 valence electrons. The molecule has 0 spiro atoms. The molecule has 0 radical (unpaired) electrons. The van der Waals surface area contributed by atoms with Gasteiger partial charge >= 0.3 is 12.3 Å². The van der Waals surface area contributed by atoms with Crippen LogP contribution in [0.4, 0.5) is 27.2 Å².